The minimum atomic E-state index is -0.408. The van der Waals surface area contributed by atoms with Gasteiger partial charge in [0, 0.05) is 28.9 Å². The first-order valence-electron chi connectivity index (χ1n) is 7.14. The number of anilines is 1. The fourth-order valence-corrected chi connectivity index (χ4v) is 2.94. The molecule has 1 aliphatic heterocycles. The number of nitrogens with zero attached hydrogens (tertiary/aromatic N) is 1. The van der Waals surface area contributed by atoms with E-state index in [1.807, 2.05) is 30.5 Å². The van der Waals surface area contributed by atoms with Gasteiger partial charge in [0.25, 0.3) is 0 Å². The second kappa shape index (κ2) is 5.21. The summed E-state index contributed by atoms with van der Waals surface area (Å²) in [6.07, 6.45) is 6.34. The minimum absolute atomic E-state index is 0.0711. The number of amides is 1. The summed E-state index contributed by atoms with van der Waals surface area (Å²) in [6.45, 7) is 2.98. The van der Waals surface area contributed by atoms with Crippen LogP contribution in [0.15, 0.2) is 36.7 Å². The summed E-state index contributed by atoms with van der Waals surface area (Å²) in [5.41, 5.74) is 0.450. The molecule has 2 aromatic rings. The molecule has 0 saturated carbocycles. The summed E-state index contributed by atoms with van der Waals surface area (Å²) < 4.78 is 0. The molecular formula is C16H19N3O. The molecule has 0 bridgehead atoms. The molecule has 1 fully saturated rings. The Balaban J connectivity index is 1.91. The van der Waals surface area contributed by atoms with E-state index >= 15 is 0 Å². The summed E-state index contributed by atoms with van der Waals surface area (Å²) >= 11 is 0. The number of fused-ring (bicyclic) bond motifs is 1. The first kappa shape index (κ1) is 13.1. The van der Waals surface area contributed by atoms with Crippen LogP contribution in [0.1, 0.15) is 26.2 Å². The Labute approximate surface area is 118 Å². The molecule has 0 radical (unpaired) electrons. The molecule has 1 unspecified atom stereocenters. The molecule has 1 aromatic heterocycles. The van der Waals surface area contributed by atoms with Gasteiger partial charge in [0.05, 0.1) is 5.54 Å². The van der Waals surface area contributed by atoms with Gasteiger partial charge in [-0.3, -0.25) is 9.78 Å². The number of hydrogen-bond acceptors (Lipinski definition) is 3. The van der Waals surface area contributed by atoms with Crippen LogP contribution >= 0.6 is 0 Å². The van der Waals surface area contributed by atoms with Crippen LogP contribution in [0, 0.1) is 0 Å². The SMILES string of the molecule is CCC1(C(=O)Nc2cccc3cnccc23)CCCN1. The minimum Gasteiger partial charge on any atom is -0.324 e. The molecular weight excluding hydrogens is 250 g/mol. The highest BCUT2D eigenvalue weighted by molar-refractivity contribution is 6.05. The van der Waals surface area contributed by atoms with Crippen LogP contribution in [0.5, 0.6) is 0 Å². The molecule has 1 aliphatic rings. The van der Waals surface area contributed by atoms with Gasteiger partial charge in [0.1, 0.15) is 0 Å². The second-order valence-corrected chi connectivity index (χ2v) is 5.32. The third-order valence-corrected chi connectivity index (χ3v) is 4.21. The Hall–Kier alpha value is -1.94. The lowest BCUT2D eigenvalue weighted by atomic mass is 9.93. The van der Waals surface area contributed by atoms with Gasteiger partial charge >= 0.3 is 0 Å². The molecule has 1 saturated heterocycles. The van der Waals surface area contributed by atoms with Crippen molar-refractivity contribution in [3.8, 4) is 0 Å². The fourth-order valence-electron chi connectivity index (χ4n) is 2.94. The topological polar surface area (TPSA) is 54.0 Å². The maximum absolute atomic E-state index is 12.6. The van der Waals surface area contributed by atoms with E-state index in [-0.39, 0.29) is 5.91 Å². The van der Waals surface area contributed by atoms with Crippen LogP contribution in [0.25, 0.3) is 10.8 Å². The Morgan fingerprint density at radius 1 is 1.45 bits per heavy atom. The first-order valence-corrected chi connectivity index (χ1v) is 7.14. The number of pyridine rings is 1. The predicted molar refractivity (Wildman–Crippen MR) is 80.6 cm³/mol. The third-order valence-electron chi connectivity index (χ3n) is 4.21. The lowest BCUT2D eigenvalue weighted by Gasteiger charge is -2.27. The van der Waals surface area contributed by atoms with Crippen molar-refractivity contribution in [3.05, 3.63) is 36.7 Å². The summed E-state index contributed by atoms with van der Waals surface area (Å²) in [5.74, 6) is 0.0711. The van der Waals surface area contributed by atoms with Crippen molar-refractivity contribution in [2.45, 2.75) is 31.7 Å². The number of carbonyl (C=O) groups excluding carboxylic acids is 1. The van der Waals surface area contributed by atoms with Crippen LogP contribution in [0.2, 0.25) is 0 Å². The zero-order chi connectivity index (χ0) is 14.0. The van der Waals surface area contributed by atoms with Crippen LogP contribution in [0.3, 0.4) is 0 Å². The number of aromatic nitrogens is 1. The van der Waals surface area contributed by atoms with Crippen LogP contribution in [0.4, 0.5) is 5.69 Å². The first-order chi connectivity index (χ1) is 9.75. The highest BCUT2D eigenvalue weighted by Crippen LogP contribution is 2.27. The maximum Gasteiger partial charge on any atom is 0.244 e. The Morgan fingerprint density at radius 3 is 3.10 bits per heavy atom. The maximum atomic E-state index is 12.6. The molecule has 0 aliphatic carbocycles. The van der Waals surface area contributed by atoms with Crippen LogP contribution in [-0.4, -0.2) is 23.0 Å². The van der Waals surface area contributed by atoms with E-state index in [0.717, 1.165) is 42.3 Å². The molecule has 20 heavy (non-hydrogen) atoms. The van der Waals surface area contributed by atoms with Gasteiger partial charge in [0.2, 0.25) is 5.91 Å². The molecule has 3 rings (SSSR count). The summed E-state index contributed by atoms with van der Waals surface area (Å²) in [4.78, 5) is 16.7. The number of hydrogen-bond donors (Lipinski definition) is 2. The smallest absolute Gasteiger partial charge is 0.244 e. The van der Waals surface area contributed by atoms with E-state index in [1.165, 1.54) is 0 Å². The zero-order valence-electron chi connectivity index (χ0n) is 11.6. The number of carbonyl (C=O) groups is 1. The predicted octanol–water partition coefficient (Wildman–Crippen LogP) is 2.71. The Kier molecular flexibility index (Phi) is 3.40. The average molecular weight is 269 g/mol. The molecule has 2 heterocycles. The highest BCUT2D eigenvalue weighted by atomic mass is 16.2. The van der Waals surface area contributed by atoms with Gasteiger partial charge in [-0.25, -0.2) is 0 Å². The lowest BCUT2D eigenvalue weighted by Crippen LogP contribution is -2.50. The molecule has 0 spiro atoms. The fraction of sp³-hybridized carbons (Fsp3) is 0.375. The van der Waals surface area contributed by atoms with Crippen LogP contribution in [-0.2, 0) is 4.79 Å². The number of benzene rings is 1. The van der Waals surface area contributed by atoms with E-state index in [0.29, 0.717) is 0 Å². The third kappa shape index (κ3) is 2.16. The summed E-state index contributed by atoms with van der Waals surface area (Å²) in [7, 11) is 0. The monoisotopic (exact) mass is 269 g/mol. The average Bonchev–Trinajstić information content (AvgIpc) is 2.98. The van der Waals surface area contributed by atoms with Gasteiger partial charge < -0.3 is 10.6 Å². The van der Waals surface area contributed by atoms with Crippen molar-refractivity contribution in [2.75, 3.05) is 11.9 Å². The largest absolute Gasteiger partial charge is 0.324 e. The van der Waals surface area contributed by atoms with Gasteiger partial charge in [-0.2, -0.15) is 0 Å². The van der Waals surface area contributed by atoms with Crippen molar-refractivity contribution in [3.63, 3.8) is 0 Å². The van der Waals surface area contributed by atoms with E-state index in [1.54, 1.807) is 6.20 Å². The standard InChI is InChI=1S/C16H19N3O/c1-2-16(8-4-9-18-16)15(20)19-14-6-3-5-12-11-17-10-7-13(12)14/h3,5-7,10-11,18H,2,4,8-9H2,1H3,(H,19,20). The summed E-state index contributed by atoms with van der Waals surface area (Å²) in [5, 5.41) is 8.52. The van der Waals surface area contributed by atoms with E-state index in [4.69, 9.17) is 0 Å². The van der Waals surface area contributed by atoms with Crippen LogP contribution < -0.4 is 10.6 Å². The van der Waals surface area contributed by atoms with Crippen molar-refractivity contribution in [1.82, 2.24) is 10.3 Å². The normalized spacial score (nSPS) is 22.1. The summed E-state index contributed by atoms with van der Waals surface area (Å²) in [6, 6.07) is 7.83. The van der Waals surface area contributed by atoms with Crippen molar-refractivity contribution in [1.29, 1.82) is 0 Å². The Morgan fingerprint density at radius 2 is 2.35 bits per heavy atom. The van der Waals surface area contributed by atoms with Crippen molar-refractivity contribution < 1.29 is 4.79 Å². The van der Waals surface area contributed by atoms with Gasteiger partial charge in [-0.05, 0) is 37.9 Å². The zero-order valence-corrected chi connectivity index (χ0v) is 11.6. The Bertz CT molecular complexity index is 627. The number of nitrogens with one attached hydrogen (secondary N) is 2. The molecule has 4 heteroatoms. The second-order valence-electron chi connectivity index (χ2n) is 5.32. The highest BCUT2D eigenvalue weighted by Gasteiger charge is 2.39. The van der Waals surface area contributed by atoms with Gasteiger partial charge in [-0.15, -0.1) is 0 Å². The molecule has 2 N–H and O–H groups in total. The van der Waals surface area contributed by atoms with Crippen molar-refractivity contribution in [2.24, 2.45) is 0 Å². The molecule has 104 valence electrons. The van der Waals surface area contributed by atoms with Crippen molar-refractivity contribution >= 4 is 22.4 Å². The van der Waals surface area contributed by atoms with Gasteiger partial charge in [0.15, 0.2) is 0 Å². The van der Waals surface area contributed by atoms with Gasteiger partial charge in [-0.1, -0.05) is 19.1 Å². The molecule has 1 amide bonds. The van der Waals surface area contributed by atoms with E-state index in [2.05, 4.69) is 22.5 Å². The lowest BCUT2D eigenvalue weighted by molar-refractivity contribution is -0.122. The van der Waals surface area contributed by atoms with E-state index in [9.17, 15) is 4.79 Å². The molecule has 1 atom stereocenters. The quantitative estimate of drug-likeness (QED) is 0.900. The number of rotatable bonds is 3. The molecule has 4 nitrogen and oxygen atoms in total. The van der Waals surface area contributed by atoms with E-state index < -0.39 is 5.54 Å². The molecule has 1 aromatic carbocycles.